The van der Waals surface area contributed by atoms with Crippen molar-refractivity contribution in [2.75, 3.05) is 42.9 Å². The quantitative estimate of drug-likeness (QED) is 0.587. The van der Waals surface area contributed by atoms with Gasteiger partial charge in [0.2, 0.25) is 5.91 Å². The third-order valence-electron chi connectivity index (χ3n) is 6.24. The maximum absolute atomic E-state index is 13.5. The number of aliphatic hydroxyl groups is 1. The van der Waals surface area contributed by atoms with E-state index in [0.29, 0.717) is 48.4 Å². The molecule has 0 aliphatic carbocycles. The Balaban J connectivity index is 1.52. The second-order valence-electron chi connectivity index (χ2n) is 8.85. The number of fused-ring (bicyclic) bond motifs is 1. The monoisotopic (exact) mass is 472 g/mol. The van der Waals surface area contributed by atoms with Crippen LogP contribution in [-0.2, 0) is 15.2 Å². The number of nitrogens with zero attached hydrogens (tertiary/aromatic N) is 4. The van der Waals surface area contributed by atoms with Gasteiger partial charge in [-0.15, -0.1) is 0 Å². The molecule has 10 heteroatoms. The lowest BCUT2D eigenvalue weighted by Crippen LogP contribution is -2.58. The maximum atomic E-state index is 13.5. The van der Waals surface area contributed by atoms with Gasteiger partial charge in [-0.3, -0.25) is 9.59 Å². The van der Waals surface area contributed by atoms with Gasteiger partial charge >= 0.3 is 0 Å². The van der Waals surface area contributed by atoms with Gasteiger partial charge in [0.05, 0.1) is 5.92 Å². The minimum atomic E-state index is -1.71. The molecule has 2 aliphatic heterocycles. The van der Waals surface area contributed by atoms with Crippen LogP contribution in [0.1, 0.15) is 37.8 Å². The molecule has 4 rings (SSSR count). The number of piperazine rings is 1. The van der Waals surface area contributed by atoms with Gasteiger partial charge in [-0.2, -0.15) is 0 Å². The molecule has 176 valence electrons. The fourth-order valence-electron chi connectivity index (χ4n) is 4.25. The number of nitrogens with one attached hydrogen (secondary N) is 2. The Hall–Kier alpha value is -2.75. The van der Waals surface area contributed by atoms with Crippen molar-refractivity contribution in [1.82, 2.24) is 20.2 Å². The summed E-state index contributed by atoms with van der Waals surface area (Å²) in [5.41, 5.74) is -0.418. The number of anilines is 2. The van der Waals surface area contributed by atoms with Crippen LogP contribution in [-0.4, -0.2) is 70.6 Å². The second-order valence-corrected chi connectivity index (χ2v) is 9.29. The van der Waals surface area contributed by atoms with Crippen LogP contribution in [0.15, 0.2) is 30.6 Å². The largest absolute Gasteiger partial charge is 0.374 e. The second kappa shape index (κ2) is 9.24. The van der Waals surface area contributed by atoms with Crippen molar-refractivity contribution in [2.24, 2.45) is 0 Å². The number of rotatable bonds is 6. The van der Waals surface area contributed by atoms with Crippen molar-refractivity contribution in [3.05, 3.63) is 46.7 Å². The third-order valence-corrected chi connectivity index (χ3v) is 6.49. The highest BCUT2D eigenvalue weighted by atomic mass is 35.5. The van der Waals surface area contributed by atoms with Crippen molar-refractivity contribution in [2.45, 2.75) is 38.3 Å². The van der Waals surface area contributed by atoms with E-state index in [4.69, 9.17) is 11.6 Å². The van der Waals surface area contributed by atoms with E-state index >= 15 is 0 Å². The first-order valence-electron chi connectivity index (χ1n) is 11.1. The summed E-state index contributed by atoms with van der Waals surface area (Å²) >= 11 is 6.02. The molecule has 1 aromatic carbocycles. The summed E-state index contributed by atoms with van der Waals surface area (Å²) in [6.07, 6.45) is 1.45. The number of carbonyl (C=O) groups is 2. The van der Waals surface area contributed by atoms with Gasteiger partial charge in [-0.1, -0.05) is 37.6 Å². The predicted octanol–water partition coefficient (Wildman–Crippen LogP) is 1.72. The number of amides is 2. The SMILES string of the molecule is CC(C)NCC(O)(C(=O)N1CCN(c2ncnc3c2C(C)C(=O)N3)CC1)c1ccc(Cl)cc1. The molecule has 1 fully saturated rings. The fraction of sp³-hybridized carbons (Fsp3) is 0.478. The first kappa shape index (κ1) is 23.4. The first-order chi connectivity index (χ1) is 15.7. The van der Waals surface area contributed by atoms with E-state index in [-0.39, 0.29) is 30.3 Å². The normalized spacial score (nSPS) is 19.9. The Morgan fingerprint density at radius 3 is 2.55 bits per heavy atom. The number of aromatic nitrogens is 2. The molecule has 1 saturated heterocycles. The molecular weight excluding hydrogens is 444 g/mol. The van der Waals surface area contributed by atoms with E-state index in [2.05, 4.69) is 25.5 Å². The molecule has 1 aromatic heterocycles. The molecule has 2 amide bonds. The summed E-state index contributed by atoms with van der Waals surface area (Å²) in [6, 6.07) is 6.83. The molecule has 2 aliphatic rings. The average molecular weight is 473 g/mol. The van der Waals surface area contributed by atoms with Gasteiger partial charge in [0.1, 0.15) is 18.0 Å². The number of halogens is 1. The summed E-state index contributed by atoms with van der Waals surface area (Å²) in [5, 5.41) is 18.1. The molecule has 0 bridgehead atoms. The van der Waals surface area contributed by atoms with Gasteiger partial charge < -0.3 is 25.5 Å². The molecule has 0 spiro atoms. The topological polar surface area (TPSA) is 111 Å². The maximum Gasteiger partial charge on any atom is 0.260 e. The molecule has 2 atom stereocenters. The van der Waals surface area contributed by atoms with Gasteiger partial charge in [0, 0.05) is 49.4 Å². The highest BCUT2D eigenvalue weighted by Gasteiger charge is 2.42. The smallest absolute Gasteiger partial charge is 0.260 e. The van der Waals surface area contributed by atoms with Crippen LogP contribution in [0.4, 0.5) is 11.6 Å². The van der Waals surface area contributed by atoms with Gasteiger partial charge in [-0.05, 0) is 24.6 Å². The lowest BCUT2D eigenvalue weighted by atomic mass is 9.91. The van der Waals surface area contributed by atoms with Crippen molar-refractivity contribution in [3.63, 3.8) is 0 Å². The molecule has 2 unspecified atom stereocenters. The van der Waals surface area contributed by atoms with Gasteiger partial charge in [0.25, 0.3) is 5.91 Å². The van der Waals surface area contributed by atoms with Crippen LogP contribution in [0, 0.1) is 0 Å². The van der Waals surface area contributed by atoms with E-state index in [1.807, 2.05) is 20.8 Å². The zero-order valence-electron chi connectivity index (χ0n) is 19.0. The molecule has 33 heavy (non-hydrogen) atoms. The lowest BCUT2D eigenvalue weighted by molar-refractivity contribution is -0.152. The van der Waals surface area contributed by atoms with Crippen LogP contribution in [0.3, 0.4) is 0 Å². The van der Waals surface area contributed by atoms with E-state index < -0.39 is 5.60 Å². The minimum Gasteiger partial charge on any atom is -0.374 e. The third kappa shape index (κ3) is 4.53. The summed E-state index contributed by atoms with van der Waals surface area (Å²) < 4.78 is 0. The zero-order chi connectivity index (χ0) is 23.8. The molecule has 0 saturated carbocycles. The average Bonchev–Trinajstić information content (AvgIpc) is 3.11. The van der Waals surface area contributed by atoms with Crippen LogP contribution >= 0.6 is 11.6 Å². The van der Waals surface area contributed by atoms with Crippen LogP contribution in [0.2, 0.25) is 5.02 Å². The number of hydrogen-bond donors (Lipinski definition) is 3. The highest BCUT2D eigenvalue weighted by molar-refractivity contribution is 6.30. The number of benzene rings is 1. The predicted molar refractivity (Wildman–Crippen MR) is 126 cm³/mol. The van der Waals surface area contributed by atoms with Crippen molar-refractivity contribution >= 4 is 35.1 Å². The van der Waals surface area contributed by atoms with E-state index in [1.54, 1.807) is 29.2 Å². The minimum absolute atomic E-state index is 0.0914. The van der Waals surface area contributed by atoms with E-state index in [9.17, 15) is 14.7 Å². The van der Waals surface area contributed by atoms with Crippen LogP contribution in [0.25, 0.3) is 0 Å². The Labute approximate surface area is 198 Å². The molecule has 9 nitrogen and oxygen atoms in total. The van der Waals surface area contributed by atoms with Gasteiger partial charge in [0.15, 0.2) is 5.60 Å². The Kier molecular flexibility index (Phi) is 6.56. The van der Waals surface area contributed by atoms with Crippen molar-refractivity contribution in [1.29, 1.82) is 0 Å². The van der Waals surface area contributed by atoms with Crippen molar-refractivity contribution < 1.29 is 14.7 Å². The van der Waals surface area contributed by atoms with Gasteiger partial charge in [-0.25, -0.2) is 9.97 Å². The summed E-state index contributed by atoms with van der Waals surface area (Å²) in [6.45, 7) is 7.76. The Bertz CT molecular complexity index is 1040. The molecular formula is C23H29ClN6O3. The summed E-state index contributed by atoms with van der Waals surface area (Å²) in [7, 11) is 0. The summed E-state index contributed by atoms with van der Waals surface area (Å²) in [5.74, 6) is 0.496. The van der Waals surface area contributed by atoms with Crippen LogP contribution < -0.4 is 15.5 Å². The molecule has 3 heterocycles. The standard InChI is InChI=1S/C23H29ClN6O3/c1-14(2)25-12-23(33,16-4-6-17(24)7-5-16)22(32)30-10-8-29(9-11-30)20-18-15(3)21(31)28-19(18)26-13-27-20/h4-7,13-15,25,33H,8-12H2,1-3H3,(H,26,27,28,31). The van der Waals surface area contributed by atoms with E-state index in [1.165, 1.54) is 6.33 Å². The zero-order valence-corrected chi connectivity index (χ0v) is 19.8. The highest BCUT2D eigenvalue weighted by Crippen LogP contribution is 2.37. The number of hydrogen-bond acceptors (Lipinski definition) is 7. The fourth-order valence-corrected chi connectivity index (χ4v) is 4.38. The lowest BCUT2D eigenvalue weighted by Gasteiger charge is -2.40. The van der Waals surface area contributed by atoms with Crippen molar-refractivity contribution in [3.8, 4) is 0 Å². The molecule has 2 aromatic rings. The molecule has 0 radical (unpaired) electrons. The first-order valence-corrected chi connectivity index (χ1v) is 11.5. The Morgan fingerprint density at radius 1 is 1.24 bits per heavy atom. The molecule has 3 N–H and O–H groups in total. The van der Waals surface area contributed by atoms with Crippen LogP contribution in [0.5, 0.6) is 0 Å². The number of carbonyl (C=O) groups excluding carboxylic acids is 2. The summed E-state index contributed by atoms with van der Waals surface area (Å²) in [4.78, 5) is 38.0. The Morgan fingerprint density at radius 2 is 1.91 bits per heavy atom. The van der Waals surface area contributed by atoms with E-state index in [0.717, 1.165) is 5.56 Å².